The van der Waals surface area contributed by atoms with Crippen molar-refractivity contribution < 1.29 is 8.91 Å². The summed E-state index contributed by atoms with van der Waals surface area (Å²) in [6.45, 7) is 0. The molecule has 3 rings (SSSR count). The summed E-state index contributed by atoms with van der Waals surface area (Å²) in [6.07, 6.45) is 2.22. The van der Waals surface area contributed by atoms with E-state index in [0.29, 0.717) is 27.7 Å². The highest BCUT2D eigenvalue weighted by Gasteiger charge is 2.33. The van der Waals surface area contributed by atoms with Crippen molar-refractivity contribution in [1.29, 1.82) is 0 Å². The maximum Gasteiger partial charge on any atom is 0.244 e. The molecule has 0 aliphatic heterocycles. The van der Waals surface area contributed by atoms with Gasteiger partial charge in [0.1, 0.15) is 5.82 Å². The summed E-state index contributed by atoms with van der Waals surface area (Å²) in [5.41, 5.74) is 6.68. The molecule has 2 aromatic rings. The Morgan fingerprint density at radius 1 is 1.44 bits per heavy atom. The van der Waals surface area contributed by atoms with Crippen LogP contribution in [0.2, 0.25) is 0 Å². The van der Waals surface area contributed by atoms with Crippen molar-refractivity contribution in [2.45, 2.75) is 18.9 Å². The predicted octanol–water partition coefficient (Wildman–Crippen LogP) is 3.05. The van der Waals surface area contributed by atoms with E-state index in [4.69, 9.17) is 10.3 Å². The van der Waals surface area contributed by atoms with Crippen molar-refractivity contribution in [3.63, 3.8) is 0 Å². The molecule has 1 aromatic carbocycles. The van der Waals surface area contributed by atoms with Gasteiger partial charge < -0.3 is 10.3 Å². The Balaban J connectivity index is 1.89. The van der Waals surface area contributed by atoms with Gasteiger partial charge in [-0.3, -0.25) is 0 Å². The summed E-state index contributed by atoms with van der Waals surface area (Å²) in [4.78, 5) is 4.27. The van der Waals surface area contributed by atoms with Gasteiger partial charge in [0.2, 0.25) is 11.7 Å². The Kier molecular flexibility index (Phi) is 2.91. The van der Waals surface area contributed by atoms with Crippen molar-refractivity contribution in [3.05, 3.63) is 34.4 Å². The Morgan fingerprint density at radius 3 is 2.89 bits per heavy atom. The molecule has 18 heavy (non-hydrogen) atoms. The molecular formula is C12H11BrFN3O. The maximum absolute atomic E-state index is 13.1. The molecule has 1 aliphatic rings. The average molecular weight is 312 g/mol. The van der Waals surface area contributed by atoms with Gasteiger partial charge in [-0.15, -0.1) is 0 Å². The second kappa shape index (κ2) is 4.44. The van der Waals surface area contributed by atoms with Crippen LogP contribution in [-0.4, -0.2) is 10.1 Å². The zero-order chi connectivity index (χ0) is 12.7. The highest BCUT2D eigenvalue weighted by molar-refractivity contribution is 9.10. The molecule has 0 spiro atoms. The van der Waals surface area contributed by atoms with E-state index in [1.165, 1.54) is 6.07 Å². The van der Waals surface area contributed by atoms with Crippen LogP contribution in [0.4, 0.5) is 4.39 Å². The first-order chi connectivity index (χ1) is 8.65. The number of nitrogens with two attached hydrogens (primary N) is 1. The van der Waals surface area contributed by atoms with E-state index in [9.17, 15) is 4.39 Å². The van der Waals surface area contributed by atoms with Gasteiger partial charge in [0.05, 0.1) is 10.5 Å². The molecule has 1 fully saturated rings. The van der Waals surface area contributed by atoms with E-state index in [1.807, 2.05) is 0 Å². The summed E-state index contributed by atoms with van der Waals surface area (Å²) in [7, 11) is 0. The van der Waals surface area contributed by atoms with Crippen LogP contribution in [0.3, 0.4) is 0 Å². The molecule has 0 saturated heterocycles. The Bertz CT molecular complexity index is 582. The van der Waals surface area contributed by atoms with Crippen molar-refractivity contribution in [3.8, 4) is 11.4 Å². The van der Waals surface area contributed by atoms with Gasteiger partial charge in [-0.05, 0) is 52.9 Å². The molecule has 1 heterocycles. The molecule has 1 aliphatic carbocycles. The van der Waals surface area contributed by atoms with Crippen molar-refractivity contribution in [1.82, 2.24) is 10.1 Å². The van der Waals surface area contributed by atoms with Gasteiger partial charge in [0, 0.05) is 5.56 Å². The van der Waals surface area contributed by atoms with E-state index >= 15 is 0 Å². The van der Waals surface area contributed by atoms with E-state index in [-0.39, 0.29) is 11.9 Å². The fourth-order valence-electron chi connectivity index (χ4n) is 1.78. The lowest BCUT2D eigenvalue weighted by molar-refractivity contribution is 0.343. The lowest BCUT2D eigenvalue weighted by Gasteiger charge is -2.01. The summed E-state index contributed by atoms with van der Waals surface area (Å²) in [5, 5.41) is 3.88. The number of halogens is 2. The minimum atomic E-state index is -0.322. The first-order valence-corrected chi connectivity index (χ1v) is 6.49. The maximum atomic E-state index is 13.1. The van der Waals surface area contributed by atoms with Crippen LogP contribution in [0.5, 0.6) is 0 Å². The molecule has 1 atom stereocenters. The summed E-state index contributed by atoms with van der Waals surface area (Å²) in [6, 6.07) is 4.40. The fourth-order valence-corrected chi connectivity index (χ4v) is 2.16. The van der Waals surface area contributed by atoms with Gasteiger partial charge in [-0.25, -0.2) is 4.39 Å². The van der Waals surface area contributed by atoms with Crippen molar-refractivity contribution in [2.75, 3.05) is 0 Å². The SMILES string of the molecule is NC(c1nc(-c2ccc(F)c(Br)c2)no1)C1CC1. The number of benzene rings is 1. The van der Waals surface area contributed by atoms with Gasteiger partial charge in [0.15, 0.2) is 0 Å². The largest absolute Gasteiger partial charge is 0.337 e. The molecule has 0 amide bonds. The minimum absolute atomic E-state index is 0.185. The van der Waals surface area contributed by atoms with Crippen molar-refractivity contribution >= 4 is 15.9 Å². The fraction of sp³-hybridized carbons (Fsp3) is 0.333. The zero-order valence-electron chi connectivity index (χ0n) is 9.44. The smallest absolute Gasteiger partial charge is 0.244 e. The molecule has 1 aromatic heterocycles. The van der Waals surface area contributed by atoms with E-state index in [0.717, 1.165) is 12.8 Å². The lowest BCUT2D eigenvalue weighted by atomic mass is 10.2. The highest BCUT2D eigenvalue weighted by Crippen LogP contribution is 2.39. The van der Waals surface area contributed by atoms with Gasteiger partial charge in [0.25, 0.3) is 0 Å². The molecule has 0 radical (unpaired) electrons. The molecule has 6 heteroatoms. The van der Waals surface area contributed by atoms with Crippen LogP contribution in [0.25, 0.3) is 11.4 Å². The molecular weight excluding hydrogens is 301 g/mol. The van der Waals surface area contributed by atoms with Crippen LogP contribution in [-0.2, 0) is 0 Å². The van der Waals surface area contributed by atoms with E-state index < -0.39 is 0 Å². The van der Waals surface area contributed by atoms with Gasteiger partial charge in [-0.2, -0.15) is 4.98 Å². The molecule has 1 saturated carbocycles. The zero-order valence-corrected chi connectivity index (χ0v) is 11.0. The van der Waals surface area contributed by atoms with Crippen LogP contribution in [0.1, 0.15) is 24.8 Å². The van der Waals surface area contributed by atoms with Gasteiger partial charge in [-0.1, -0.05) is 5.16 Å². The summed E-state index contributed by atoms with van der Waals surface area (Å²) in [5.74, 6) is 1.02. The molecule has 94 valence electrons. The third-order valence-corrected chi connectivity index (χ3v) is 3.64. The van der Waals surface area contributed by atoms with Crippen LogP contribution < -0.4 is 5.73 Å². The second-order valence-corrected chi connectivity index (χ2v) is 5.30. The summed E-state index contributed by atoms with van der Waals surface area (Å²) < 4.78 is 18.7. The minimum Gasteiger partial charge on any atom is -0.337 e. The lowest BCUT2D eigenvalue weighted by Crippen LogP contribution is -2.12. The second-order valence-electron chi connectivity index (χ2n) is 4.45. The number of hydrogen-bond donors (Lipinski definition) is 1. The quantitative estimate of drug-likeness (QED) is 0.946. The monoisotopic (exact) mass is 311 g/mol. The molecule has 0 bridgehead atoms. The summed E-state index contributed by atoms with van der Waals surface area (Å²) >= 11 is 3.13. The normalized spacial score (nSPS) is 16.8. The number of hydrogen-bond acceptors (Lipinski definition) is 4. The van der Waals surface area contributed by atoms with Crippen LogP contribution in [0, 0.1) is 11.7 Å². The first-order valence-electron chi connectivity index (χ1n) is 5.70. The third kappa shape index (κ3) is 2.18. The Morgan fingerprint density at radius 2 is 2.22 bits per heavy atom. The molecule has 1 unspecified atom stereocenters. The first kappa shape index (κ1) is 11.8. The predicted molar refractivity (Wildman–Crippen MR) is 67.0 cm³/mol. The van der Waals surface area contributed by atoms with Crippen molar-refractivity contribution in [2.24, 2.45) is 11.7 Å². The topological polar surface area (TPSA) is 64.9 Å². The van der Waals surface area contributed by atoms with Crippen LogP contribution in [0.15, 0.2) is 27.2 Å². The van der Waals surface area contributed by atoms with Crippen LogP contribution >= 0.6 is 15.9 Å². The number of nitrogens with zero attached hydrogens (tertiary/aromatic N) is 2. The molecule has 2 N–H and O–H groups in total. The standard InChI is InChI=1S/C12H11BrFN3O/c13-8-5-7(3-4-9(8)14)11-16-12(18-17-11)10(15)6-1-2-6/h3-6,10H,1-2,15H2. The highest BCUT2D eigenvalue weighted by atomic mass is 79.9. The number of aromatic nitrogens is 2. The van der Waals surface area contributed by atoms with Gasteiger partial charge >= 0.3 is 0 Å². The van der Waals surface area contributed by atoms with E-state index in [2.05, 4.69) is 26.1 Å². The van der Waals surface area contributed by atoms with E-state index in [1.54, 1.807) is 12.1 Å². The number of rotatable bonds is 3. The third-order valence-electron chi connectivity index (χ3n) is 3.03. The average Bonchev–Trinajstić information content (AvgIpc) is 3.09. The molecule has 4 nitrogen and oxygen atoms in total. The Hall–Kier alpha value is -1.27. The Labute approximate surface area is 112 Å².